The van der Waals surface area contributed by atoms with E-state index in [1.165, 1.54) is 29.6 Å². The van der Waals surface area contributed by atoms with Crippen molar-refractivity contribution in [2.45, 2.75) is 6.43 Å². The van der Waals surface area contributed by atoms with E-state index in [-0.39, 0.29) is 17.3 Å². The molecule has 6 nitrogen and oxygen atoms in total. The molecule has 0 radical (unpaired) electrons. The molecule has 0 saturated heterocycles. The van der Waals surface area contributed by atoms with Crippen LogP contribution in [0.4, 0.5) is 24.7 Å². The number of nitrogens with zero attached hydrogens (tertiary/aromatic N) is 6. The van der Waals surface area contributed by atoms with E-state index in [1.807, 2.05) is 0 Å². The van der Waals surface area contributed by atoms with Gasteiger partial charge in [-0.3, -0.25) is 9.38 Å². The standard InChI is InChI=1S/C16H10BrF3N6/c17-9-4-10(18)6-11(5-9)25(7-13(19)20)15-14-12(2-1-3-21-14)26-8-22-24-16(26)23-15/h1-6,8,13H,7H2. The molecule has 0 aliphatic rings. The Balaban J connectivity index is 2.00. The summed E-state index contributed by atoms with van der Waals surface area (Å²) >= 11 is 3.19. The first-order valence-electron chi connectivity index (χ1n) is 7.49. The van der Waals surface area contributed by atoms with Crippen LogP contribution in [-0.4, -0.2) is 37.5 Å². The minimum absolute atomic E-state index is 0.152. The van der Waals surface area contributed by atoms with Crippen molar-refractivity contribution < 1.29 is 13.2 Å². The topological polar surface area (TPSA) is 59.2 Å². The Morgan fingerprint density at radius 2 is 2.08 bits per heavy atom. The van der Waals surface area contributed by atoms with Crippen LogP contribution < -0.4 is 4.90 Å². The minimum atomic E-state index is -2.67. The second kappa shape index (κ2) is 6.52. The lowest BCUT2D eigenvalue weighted by atomic mass is 10.2. The van der Waals surface area contributed by atoms with Gasteiger partial charge in [-0.2, -0.15) is 4.98 Å². The molecule has 132 valence electrons. The maximum Gasteiger partial charge on any atom is 0.257 e. The minimum Gasteiger partial charge on any atom is -0.319 e. The zero-order chi connectivity index (χ0) is 18.3. The zero-order valence-corrected chi connectivity index (χ0v) is 14.6. The molecular weight excluding hydrogens is 413 g/mol. The molecule has 26 heavy (non-hydrogen) atoms. The van der Waals surface area contributed by atoms with Crippen LogP contribution in [0, 0.1) is 5.82 Å². The summed E-state index contributed by atoms with van der Waals surface area (Å²) in [6, 6.07) is 7.41. The molecule has 0 amide bonds. The average molecular weight is 423 g/mol. The maximum atomic E-state index is 13.9. The Labute approximate surface area is 153 Å². The highest BCUT2D eigenvalue weighted by Crippen LogP contribution is 2.32. The molecule has 0 spiro atoms. The van der Waals surface area contributed by atoms with E-state index in [0.29, 0.717) is 15.5 Å². The number of aromatic nitrogens is 5. The van der Waals surface area contributed by atoms with Crippen molar-refractivity contribution >= 4 is 44.2 Å². The van der Waals surface area contributed by atoms with Crippen LogP contribution >= 0.6 is 15.9 Å². The number of halogens is 4. The molecule has 0 N–H and O–H groups in total. The van der Waals surface area contributed by atoms with Crippen molar-refractivity contribution in [3.63, 3.8) is 0 Å². The summed E-state index contributed by atoms with van der Waals surface area (Å²) in [4.78, 5) is 9.84. The summed E-state index contributed by atoms with van der Waals surface area (Å²) in [5, 5.41) is 7.70. The van der Waals surface area contributed by atoms with Crippen molar-refractivity contribution in [3.8, 4) is 0 Å². The van der Waals surface area contributed by atoms with Gasteiger partial charge in [0.25, 0.3) is 12.2 Å². The van der Waals surface area contributed by atoms with Gasteiger partial charge >= 0.3 is 0 Å². The van der Waals surface area contributed by atoms with Gasteiger partial charge in [0.05, 0.1) is 12.1 Å². The van der Waals surface area contributed by atoms with E-state index in [4.69, 9.17) is 0 Å². The van der Waals surface area contributed by atoms with Crippen LogP contribution in [0.2, 0.25) is 0 Å². The Morgan fingerprint density at radius 3 is 2.85 bits per heavy atom. The number of alkyl halides is 2. The summed E-state index contributed by atoms with van der Waals surface area (Å²) < 4.78 is 42.4. The van der Waals surface area contributed by atoms with Crippen molar-refractivity contribution in [1.82, 2.24) is 24.6 Å². The van der Waals surface area contributed by atoms with Crippen molar-refractivity contribution in [3.05, 3.63) is 53.1 Å². The quantitative estimate of drug-likeness (QED) is 0.497. The molecule has 0 atom stereocenters. The van der Waals surface area contributed by atoms with Crippen molar-refractivity contribution in [2.75, 3.05) is 11.4 Å². The van der Waals surface area contributed by atoms with E-state index >= 15 is 0 Å². The highest BCUT2D eigenvalue weighted by Gasteiger charge is 2.22. The largest absolute Gasteiger partial charge is 0.319 e. The Bertz CT molecular complexity index is 1080. The van der Waals surface area contributed by atoms with Crippen LogP contribution in [0.1, 0.15) is 0 Å². The number of hydrogen-bond acceptors (Lipinski definition) is 5. The second-order valence-electron chi connectivity index (χ2n) is 5.44. The van der Waals surface area contributed by atoms with Crippen LogP contribution in [0.5, 0.6) is 0 Å². The number of benzene rings is 1. The Morgan fingerprint density at radius 1 is 1.23 bits per heavy atom. The molecular formula is C16H10BrF3N6. The van der Waals surface area contributed by atoms with E-state index in [2.05, 4.69) is 36.1 Å². The molecule has 3 aromatic heterocycles. The third kappa shape index (κ3) is 2.96. The van der Waals surface area contributed by atoms with Gasteiger partial charge in [-0.05, 0) is 30.3 Å². The van der Waals surface area contributed by atoms with Gasteiger partial charge in [-0.1, -0.05) is 15.9 Å². The molecule has 0 saturated carbocycles. The first-order valence-corrected chi connectivity index (χ1v) is 8.28. The zero-order valence-electron chi connectivity index (χ0n) is 13.0. The SMILES string of the molecule is Fc1cc(Br)cc(N(CC(F)F)c2nc3nncn3c3cccnc23)c1. The van der Waals surface area contributed by atoms with Crippen molar-refractivity contribution in [1.29, 1.82) is 0 Å². The van der Waals surface area contributed by atoms with E-state index in [9.17, 15) is 13.2 Å². The Kier molecular flexibility index (Phi) is 4.19. The molecule has 4 rings (SSSR count). The summed E-state index contributed by atoms with van der Waals surface area (Å²) in [7, 11) is 0. The fourth-order valence-electron chi connectivity index (χ4n) is 2.72. The molecule has 0 fully saturated rings. The van der Waals surface area contributed by atoms with Crippen molar-refractivity contribution in [2.24, 2.45) is 0 Å². The third-order valence-corrected chi connectivity index (χ3v) is 4.19. The molecule has 0 aliphatic carbocycles. The number of rotatable bonds is 4. The van der Waals surface area contributed by atoms with Gasteiger partial charge in [0.15, 0.2) is 5.82 Å². The fourth-order valence-corrected chi connectivity index (χ4v) is 3.17. The lowest BCUT2D eigenvalue weighted by molar-refractivity contribution is 0.158. The van der Waals surface area contributed by atoms with E-state index in [1.54, 1.807) is 16.5 Å². The third-order valence-electron chi connectivity index (χ3n) is 3.73. The maximum absolute atomic E-state index is 13.9. The molecule has 10 heteroatoms. The van der Waals surface area contributed by atoms with E-state index < -0.39 is 18.8 Å². The first-order chi connectivity index (χ1) is 12.5. The molecule has 0 bridgehead atoms. The molecule has 0 aliphatic heterocycles. The molecule has 1 aromatic carbocycles. The fraction of sp³-hybridized carbons (Fsp3) is 0.125. The van der Waals surface area contributed by atoms with Gasteiger partial charge in [0, 0.05) is 16.4 Å². The normalized spacial score (nSPS) is 11.6. The smallest absolute Gasteiger partial charge is 0.257 e. The van der Waals surface area contributed by atoms with Crippen LogP contribution in [-0.2, 0) is 0 Å². The molecule has 0 unspecified atom stereocenters. The number of fused-ring (bicyclic) bond motifs is 3. The second-order valence-corrected chi connectivity index (χ2v) is 6.35. The van der Waals surface area contributed by atoms with Crippen LogP contribution in [0.15, 0.2) is 47.3 Å². The monoisotopic (exact) mass is 422 g/mol. The van der Waals surface area contributed by atoms with Crippen LogP contribution in [0.3, 0.4) is 0 Å². The van der Waals surface area contributed by atoms with Crippen LogP contribution in [0.25, 0.3) is 16.8 Å². The van der Waals surface area contributed by atoms with Gasteiger partial charge in [0.2, 0.25) is 0 Å². The van der Waals surface area contributed by atoms with Gasteiger partial charge in [0.1, 0.15) is 17.7 Å². The highest BCUT2D eigenvalue weighted by atomic mass is 79.9. The number of hydrogen-bond donors (Lipinski definition) is 0. The number of pyridine rings is 1. The van der Waals surface area contributed by atoms with Gasteiger partial charge < -0.3 is 4.90 Å². The lowest BCUT2D eigenvalue weighted by Crippen LogP contribution is -2.25. The molecule has 4 aromatic rings. The highest BCUT2D eigenvalue weighted by molar-refractivity contribution is 9.10. The lowest BCUT2D eigenvalue weighted by Gasteiger charge is -2.24. The van der Waals surface area contributed by atoms with Gasteiger partial charge in [-0.15, -0.1) is 10.2 Å². The Hall–Kier alpha value is -2.75. The summed E-state index contributed by atoms with van der Waals surface area (Å²) in [6.45, 7) is -0.682. The van der Waals surface area contributed by atoms with E-state index in [0.717, 1.165) is 6.07 Å². The summed E-state index contributed by atoms with van der Waals surface area (Å²) in [6.07, 6.45) is 0.324. The summed E-state index contributed by atoms with van der Waals surface area (Å²) in [5.74, 6) is -0.177. The predicted octanol–water partition coefficient (Wildman–Crippen LogP) is 3.98. The number of anilines is 2. The predicted molar refractivity (Wildman–Crippen MR) is 93.2 cm³/mol. The molecule has 3 heterocycles. The van der Waals surface area contributed by atoms with Gasteiger partial charge in [-0.25, -0.2) is 13.2 Å². The first kappa shape index (κ1) is 16.7. The average Bonchev–Trinajstić information content (AvgIpc) is 3.07. The summed E-state index contributed by atoms with van der Waals surface area (Å²) in [5.41, 5.74) is 1.20.